The van der Waals surface area contributed by atoms with Crippen molar-refractivity contribution >= 4 is 17.6 Å². The zero-order valence-corrected chi connectivity index (χ0v) is 11.4. The van der Waals surface area contributed by atoms with Gasteiger partial charge in [0, 0.05) is 0 Å². The molecule has 0 radical (unpaired) electrons. The summed E-state index contributed by atoms with van der Waals surface area (Å²) in [7, 11) is 1.53. The molecule has 0 aliphatic rings. The third-order valence-corrected chi connectivity index (χ3v) is 3.05. The Balaban J connectivity index is 2.78. The molecule has 0 aromatic heterocycles. The summed E-state index contributed by atoms with van der Waals surface area (Å²) in [6, 6.07) is 6.66. The predicted molar refractivity (Wildman–Crippen MR) is 75.8 cm³/mol. The Morgan fingerprint density at radius 3 is 2.63 bits per heavy atom. The molecular formula is C13H20N4O2. The minimum absolute atomic E-state index is 0.0785. The lowest BCUT2D eigenvalue weighted by Gasteiger charge is -2.28. The van der Waals surface area contributed by atoms with E-state index in [1.165, 1.54) is 7.11 Å². The normalized spacial score (nSPS) is 13.2. The number of carbonyl (C=O) groups excluding carboxylic acids is 1. The monoisotopic (exact) mass is 264 g/mol. The molecule has 0 spiro atoms. The maximum absolute atomic E-state index is 11.9. The quantitative estimate of drug-likeness (QED) is 0.483. The average Bonchev–Trinajstić information content (AvgIpc) is 2.38. The summed E-state index contributed by atoms with van der Waals surface area (Å²) in [5.74, 6) is 0.490. The van der Waals surface area contributed by atoms with E-state index < -0.39 is 11.6 Å². The van der Waals surface area contributed by atoms with Crippen molar-refractivity contribution in [1.29, 1.82) is 5.41 Å². The van der Waals surface area contributed by atoms with Gasteiger partial charge in [0.2, 0.25) is 0 Å². The van der Waals surface area contributed by atoms with Crippen LogP contribution in [-0.2, 0) is 0 Å². The largest absolute Gasteiger partial charge is 0.495 e. The molecule has 1 aromatic carbocycles. The van der Waals surface area contributed by atoms with Crippen molar-refractivity contribution in [2.24, 2.45) is 5.73 Å². The second-order valence-corrected chi connectivity index (χ2v) is 4.38. The molecule has 0 saturated heterocycles. The second kappa shape index (κ2) is 6.08. The number of hydrogen-bond donors (Lipinski definition) is 4. The number of amides is 2. The van der Waals surface area contributed by atoms with Gasteiger partial charge in [0.1, 0.15) is 11.6 Å². The smallest absolute Gasteiger partial charge is 0.320 e. The first-order valence-electron chi connectivity index (χ1n) is 5.99. The van der Waals surface area contributed by atoms with Crippen LogP contribution < -0.4 is 21.1 Å². The molecule has 1 atom stereocenters. The first-order valence-corrected chi connectivity index (χ1v) is 5.99. The number of benzene rings is 1. The first kappa shape index (κ1) is 14.8. The minimum atomic E-state index is -0.855. The van der Waals surface area contributed by atoms with Crippen LogP contribution in [-0.4, -0.2) is 24.5 Å². The van der Waals surface area contributed by atoms with Crippen molar-refractivity contribution in [3.63, 3.8) is 0 Å². The molecule has 6 nitrogen and oxygen atoms in total. The van der Waals surface area contributed by atoms with Crippen LogP contribution in [0.1, 0.15) is 20.3 Å². The number of rotatable bonds is 5. The van der Waals surface area contributed by atoms with Gasteiger partial charge < -0.3 is 21.1 Å². The summed E-state index contributed by atoms with van der Waals surface area (Å²) in [6.07, 6.45) is 0.529. The van der Waals surface area contributed by atoms with Crippen molar-refractivity contribution in [3.05, 3.63) is 24.3 Å². The molecule has 19 heavy (non-hydrogen) atoms. The van der Waals surface area contributed by atoms with Gasteiger partial charge in [-0.1, -0.05) is 19.1 Å². The van der Waals surface area contributed by atoms with Crippen LogP contribution in [0.15, 0.2) is 24.3 Å². The highest BCUT2D eigenvalue weighted by atomic mass is 16.5. The molecule has 0 bridgehead atoms. The van der Waals surface area contributed by atoms with E-state index in [9.17, 15) is 4.79 Å². The van der Waals surface area contributed by atoms with Gasteiger partial charge in [-0.25, -0.2) is 4.79 Å². The number of amidine groups is 1. The number of nitrogens with one attached hydrogen (secondary N) is 3. The van der Waals surface area contributed by atoms with E-state index in [0.717, 1.165) is 0 Å². The highest BCUT2D eigenvalue weighted by Gasteiger charge is 2.27. The number of para-hydroxylation sites is 2. The first-order chi connectivity index (χ1) is 8.92. The van der Waals surface area contributed by atoms with Crippen molar-refractivity contribution in [2.45, 2.75) is 25.8 Å². The molecule has 0 saturated carbocycles. The predicted octanol–water partition coefficient (Wildman–Crippen LogP) is 1.92. The number of hydrogen-bond acceptors (Lipinski definition) is 3. The summed E-state index contributed by atoms with van der Waals surface area (Å²) in [4.78, 5) is 11.9. The van der Waals surface area contributed by atoms with Gasteiger partial charge in [-0.05, 0) is 25.5 Å². The molecule has 1 rings (SSSR count). The van der Waals surface area contributed by atoms with Crippen LogP contribution in [0.4, 0.5) is 10.5 Å². The Kier molecular flexibility index (Phi) is 4.74. The number of carbonyl (C=O) groups is 1. The van der Waals surface area contributed by atoms with Gasteiger partial charge >= 0.3 is 6.03 Å². The van der Waals surface area contributed by atoms with Crippen LogP contribution >= 0.6 is 0 Å². The zero-order valence-electron chi connectivity index (χ0n) is 11.4. The molecule has 1 aromatic rings. The molecule has 0 heterocycles. The van der Waals surface area contributed by atoms with E-state index in [-0.39, 0.29) is 5.84 Å². The highest BCUT2D eigenvalue weighted by Crippen LogP contribution is 2.23. The summed E-state index contributed by atoms with van der Waals surface area (Å²) in [5.41, 5.74) is 5.20. The maximum atomic E-state index is 11.9. The van der Waals surface area contributed by atoms with Crippen LogP contribution in [0.3, 0.4) is 0 Å². The molecule has 1 unspecified atom stereocenters. The Morgan fingerprint density at radius 2 is 2.11 bits per heavy atom. The lowest BCUT2D eigenvalue weighted by Crippen LogP contribution is -2.55. The zero-order chi connectivity index (χ0) is 14.5. The number of urea groups is 1. The third-order valence-electron chi connectivity index (χ3n) is 3.05. The van der Waals surface area contributed by atoms with Crippen LogP contribution in [0.5, 0.6) is 5.75 Å². The lowest BCUT2D eigenvalue weighted by molar-refractivity contribution is 0.245. The topological polar surface area (TPSA) is 100 Å². The molecule has 2 amide bonds. The average molecular weight is 264 g/mol. The highest BCUT2D eigenvalue weighted by molar-refractivity contribution is 5.96. The van der Waals surface area contributed by atoms with Crippen LogP contribution in [0.25, 0.3) is 0 Å². The summed E-state index contributed by atoms with van der Waals surface area (Å²) >= 11 is 0. The van der Waals surface area contributed by atoms with Gasteiger partial charge in [0.25, 0.3) is 0 Å². The van der Waals surface area contributed by atoms with Gasteiger partial charge in [0.05, 0.1) is 18.3 Å². The summed E-state index contributed by atoms with van der Waals surface area (Å²) in [5, 5.41) is 12.9. The number of methoxy groups -OCH3 is 1. The van der Waals surface area contributed by atoms with E-state index in [1.807, 2.05) is 13.0 Å². The SMILES string of the molecule is CCC(C)(NC(=O)Nc1ccccc1OC)C(=N)N. The molecule has 0 aliphatic heterocycles. The Morgan fingerprint density at radius 1 is 1.47 bits per heavy atom. The van der Waals surface area contributed by atoms with E-state index in [1.54, 1.807) is 25.1 Å². The summed E-state index contributed by atoms with van der Waals surface area (Å²) in [6.45, 7) is 3.56. The Bertz CT molecular complexity index is 475. The third kappa shape index (κ3) is 3.61. The lowest BCUT2D eigenvalue weighted by atomic mass is 9.98. The van der Waals surface area contributed by atoms with E-state index in [4.69, 9.17) is 15.9 Å². The molecule has 5 N–H and O–H groups in total. The molecular weight excluding hydrogens is 244 g/mol. The van der Waals surface area contributed by atoms with Crippen molar-refractivity contribution in [2.75, 3.05) is 12.4 Å². The van der Waals surface area contributed by atoms with Crippen LogP contribution in [0.2, 0.25) is 0 Å². The summed E-state index contributed by atoms with van der Waals surface area (Å²) < 4.78 is 5.14. The van der Waals surface area contributed by atoms with E-state index in [0.29, 0.717) is 17.9 Å². The number of anilines is 1. The number of nitrogens with two attached hydrogens (primary N) is 1. The fourth-order valence-electron chi connectivity index (χ4n) is 1.50. The molecule has 0 fully saturated rings. The molecule has 0 aliphatic carbocycles. The van der Waals surface area contributed by atoms with Gasteiger partial charge in [-0.15, -0.1) is 0 Å². The van der Waals surface area contributed by atoms with Crippen molar-refractivity contribution < 1.29 is 9.53 Å². The van der Waals surface area contributed by atoms with E-state index >= 15 is 0 Å². The van der Waals surface area contributed by atoms with Gasteiger partial charge in [-0.2, -0.15) is 0 Å². The van der Waals surface area contributed by atoms with Crippen molar-refractivity contribution in [1.82, 2.24) is 5.32 Å². The minimum Gasteiger partial charge on any atom is -0.495 e. The number of ether oxygens (including phenoxy) is 1. The van der Waals surface area contributed by atoms with E-state index in [2.05, 4.69) is 10.6 Å². The molecule has 104 valence electrons. The second-order valence-electron chi connectivity index (χ2n) is 4.38. The van der Waals surface area contributed by atoms with Gasteiger partial charge in [-0.3, -0.25) is 5.41 Å². The van der Waals surface area contributed by atoms with Crippen molar-refractivity contribution in [3.8, 4) is 5.75 Å². The maximum Gasteiger partial charge on any atom is 0.320 e. The standard InChI is InChI=1S/C13H20N4O2/c1-4-13(2,11(14)15)17-12(18)16-9-7-5-6-8-10(9)19-3/h5-8H,4H2,1-3H3,(H3,14,15)(H2,16,17,18). The Labute approximate surface area is 112 Å². The van der Waals surface area contributed by atoms with Crippen LogP contribution in [0, 0.1) is 5.41 Å². The molecule has 6 heteroatoms. The fraction of sp³-hybridized carbons (Fsp3) is 0.385. The fourth-order valence-corrected chi connectivity index (χ4v) is 1.50. The Hall–Kier alpha value is -2.24. The van der Waals surface area contributed by atoms with Gasteiger partial charge in [0.15, 0.2) is 0 Å².